The van der Waals surface area contributed by atoms with Crippen molar-refractivity contribution in [2.24, 2.45) is 5.92 Å². The molecule has 0 aliphatic heterocycles. The molecule has 0 spiro atoms. The average molecular weight is 216 g/mol. The molecule has 0 aromatic rings. The minimum absolute atomic E-state index is 0.235. The maximum Gasteiger partial charge on any atom is 0.326 e. The van der Waals surface area contributed by atoms with Gasteiger partial charge in [0.05, 0.1) is 0 Å². The summed E-state index contributed by atoms with van der Waals surface area (Å²) in [5.74, 6) is -0.750. The molecule has 0 saturated carbocycles. The molecule has 0 aliphatic carbocycles. The molecule has 15 heavy (non-hydrogen) atoms. The summed E-state index contributed by atoms with van der Waals surface area (Å²) < 4.78 is 0. The summed E-state index contributed by atoms with van der Waals surface area (Å²) in [6, 6.07) is -1.14. The van der Waals surface area contributed by atoms with Crippen molar-refractivity contribution in [2.75, 3.05) is 13.6 Å². The van der Waals surface area contributed by atoms with E-state index in [2.05, 4.69) is 5.32 Å². The lowest BCUT2D eigenvalue weighted by Gasteiger charge is -2.21. The fourth-order valence-electron chi connectivity index (χ4n) is 1.10. The lowest BCUT2D eigenvalue weighted by molar-refractivity contribution is -0.139. The molecule has 5 heteroatoms. The van der Waals surface area contributed by atoms with Crippen molar-refractivity contribution in [3.63, 3.8) is 0 Å². The van der Waals surface area contributed by atoms with Gasteiger partial charge in [0.2, 0.25) is 0 Å². The van der Waals surface area contributed by atoms with Gasteiger partial charge in [-0.2, -0.15) is 0 Å². The molecule has 0 rings (SSSR count). The first-order chi connectivity index (χ1) is 6.88. The van der Waals surface area contributed by atoms with E-state index < -0.39 is 12.0 Å². The fourth-order valence-corrected chi connectivity index (χ4v) is 1.10. The van der Waals surface area contributed by atoms with E-state index in [0.717, 1.165) is 0 Å². The van der Waals surface area contributed by atoms with Gasteiger partial charge < -0.3 is 15.3 Å². The van der Waals surface area contributed by atoms with Crippen molar-refractivity contribution in [3.05, 3.63) is 0 Å². The van der Waals surface area contributed by atoms with Crippen molar-refractivity contribution in [2.45, 2.75) is 33.2 Å². The molecule has 0 radical (unpaired) electrons. The number of nitrogens with one attached hydrogen (secondary N) is 1. The number of hydrogen-bond donors (Lipinski definition) is 2. The molecule has 0 bridgehead atoms. The van der Waals surface area contributed by atoms with Crippen LogP contribution in [0.5, 0.6) is 0 Å². The predicted octanol–water partition coefficient (Wildman–Crippen LogP) is 1.15. The van der Waals surface area contributed by atoms with Crippen molar-refractivity contribution < 1.29 is 14.7 Å². The van der Waals surface area contributed by atoms with Gasteiger partial charge in [-0.25, -0.2) is 9.59 Å². The summed E-state index contributed by atoms with van der Waals surface area (Å²) in [7, 11) is 1.63. The molecule has 0 saturated heterocycles. The van der Waals surface area contributed by atoms with Crippen molar-refractivity contribution in [3.8, 4) is 0 Å². The molecule has 5 nitrogen and oxygen atoms in total. The third-order valence-electron chi connectivity index (χ3n) is 2.12. The second kappa shape index (κ2) is 6.27. The van der Waals surface area contributed by atoms with Crippen LogP contribution < -0.4 is 5.32 Å². The number of urea groups is 1. The summed E-state index contributed by atoms with van der Waals surface area (Å²) in [6.45, 7) is 6.23. The number of carboxylic acids is 1. The molecule has 88 valence electrons. The number of aliphatic carboxylic acids is 1. The Bertz CT molecular complexity index is 229. The normalized spacial score (nSPS) is 12.3. The SMILES string of the molecule is CCN(C)C(=O)N[C@@H](CC(C)C)C(=O)O. The Morgan fingerprint density at radius 3 is 2.27 bits per heavy atom. The number of amides is 2. The summed E-state index contributed by atoms with van der Waals surface area (Å²) >= 11 is 0. The van der Waals surface area contributed by atoms with Crippen LogP contribution in [0.15, 0.2) is 0 Å². The van der Waals surface area contributed by atoms with E-state index in [0.29, 0.717) is 13.0 Å². The minimum atomic E-state index is -0.985. The van der Waals surface area contributed by atoms with Crippen LogP contribution in [0.3, 0.4) is 0 Å². The number of nitrogens with zero attached hydrogens (tertiary/aromatic N) is 1. The first kappa shape index (κ1) is 13.7. The summed E-state index contributed by atoms with van der Waals surface area (Å²) in [6.07, 6.45) is 0.443. The van der Waals surface area contributed by atoms with E-state index in [9.17, 15) is 9.59 Å². The van der Waals surface area contributed by atoms with Crippen LogP contribution in [0.4, 0.5) is 4.79 Å². The van der Waals surface area contributed by atoms with Crippen molar-refractivity contribution in [1.82, 2.24) is 10.2 Å². The van der Waals surface area contributed by atoms with Gasteiger partial charge in [0.25, 0.3) is 0 Å². The van der Waals surface area contributed by atoms with Gasteiger partial charge in [-0.1, -0.05) is 13.8 Å². The maximum absolute atomic E-state index is 11.4. The fraction of sp³-hybridized carbons (Fsp3) is 0.800. The zero-order valence-electron chi connectivity index (χ0n) is 9.78. The molecule has 0 heterocycles. The Labute approximate surface area is 90.5 Å². The Balaban J connectivity index is 4.29. The molecule has 2 amide bonds. The molecule has 0 fully saturated rings. The second-order valence-corrected chi connectivity index (χ2v) is 3.98. The Morgan fingerprint density at radius 1 is 1.40 bits per heavy atom. The molecular weight excluding hydrogens is 196 g/mol. The molecule has 0 unspecified atom stereocenters. The van der Waals surface area contributed by atoms with Crippen LogP contribution in [-0.2, 0) is 4.79 Å². The number of carbonyl (C=O) groups excluding carboxylic acids is 1. The number of carbonyl (C=O) groups is 2. The maximum atomic E-state index is 11.4. The van der Waals surface area contributed by atoms with E-state index in [1.807, 2.05) is 20.8 Å². The van der Waals surface area contributed by atoms with Gasteiger partial charge in [-0.3, -0.25) is 0 Å². The Kier molecular flexibility index (Phi) is 5.74. The van der Waals surface area contributed by atoms with Gasteiger partial charge in [-0.15, -0.1) is 0 Å². The highest BCUT2D eigenvalue weighted by Crippen LogP contribution is 2.05. The zero-order valence-corrected chi connectivity index (χ0v) is 9.78. The lowest BCUT2D eigenvalue weighted by atomic mass is 10.0. The first-order valence-electron chi connectivity index (χ1n) is 5.12. The van der Waals surface area contributed by atoms with Crippen molar-refractivity contribution in [1.29, 1.82) is 0 Å². The van der Waals surface area contributed by atoms with Gasteiger partial charge in [-0.05, 0) is 19.3 Å². The van der Waals surface area contributed by atoms with Crippen LogP contribution in [0.2, 0.25) is 0 Å². The van der Waals surface area contributed by atoms with Gasteiger partial charge in [0.1, 0.15) is 6.04 Å². The standard InChI is InChI=1S/C10H20N2O3/c1-5-12(4)10(15)11-8(9(13)14)6-7(2)3/h7-8H,5-6H2,1-4H3,(H,11,15)(H,13,14)/t8-/m0/s1. The summed E-state index contributed by atoms with van der Waals surface area (Å²) in [4.78, 5) is 23.7. The van der Waals surface area contributed by atoms with E-state index in [-0.39, 0.29) is 11.9 Å². The third-order valence-corrected chi connectivity index (χ3v) is 2.12. The minimum Gasteiger partial charge on any atom is -0.480 e. The smallest absolute Gasteiger partial charge is 0.326 e. The highest BCUT2D eigenvalue weighted by molar-refractivity contribution is 5.82. The molecule has 0 aliphatic rings. The molecular formula is C10H20N2O3. The van der Waals surface area contributed by atoms with E-state index >= 15 is 0 Å². The number of rotatable bonds is 5. The highest BCUT2D eigenvalue weighted by Gasteiger charge is 2.21. The van der Waals surface area contributed by atoms with Crippen LogP contribution in [0, 0.1) is 5.92 Å². The quantitative estimate of drug-likeness (QED) is 0.724. The molecule has 1 atom stereocenters. The van der Waals surface area contributed by atoms with Crippen LogP contribution >= 0.6 is 0 Å². The Hall–Kier alpha value is -1.26. The molecule has 0 aromatic heterocycles. The van der Waals surface area contributed by atoms with E-state index in [4.69, 9.17) is 5.11 Å². The predicted molar refractivity (Wildman–Crippen MR) is 57.7 cm³/mol. The topological polar surface area (TPSA) is 69.6 Å². The first-order valence-corrected chi connectivity index (χ1v) is 5.12. The highest BCUT2D eigenvalue weighted by atomic mass is 16.4. The number of hydrogen-bond acceptors (Lipinski definition) is 2. The van der Waals surface area contributed by atoms with E-state index in [1.165, 1.54) is 4.90 Å². The zero-order chi connectivity index (χ0) is 12.0. The van der Waals surface area contributed by atoms with Gasteiger partial charge in [0.15, 0.2) is 0 Å². The van der Waals surface area contributed by atoms with Crippen LogP contribution in [-0.4, -0.2) is 41.6 Å². The Morgan fingerprint density at radius 2 is 1.93 bits per heavy atom. The summed E-state index contributed by atoms with van der Waals surface area (Å²) in [5, 5.41) is 11.4. The third kappa shape index (κ3) is 5.24. The van der Waals surface area contributed by atoms with Gasteiger partial charge >= 0.3 is 12.0 Å². The molecule has 0 aromatic carbocycles. The lowest BCUT2D eigenvalue weighted by Crippen LogP contribution is -2.47. The van der Waals surface area contributed by atoms with Crippen LogP contribution in [0.1, 0.15) is 27.2 Å². The van der Waals surface area contributed by atoms with Crippen LogP contribution in [0.25, 0.3) is 0 Å². The largest absolute Gasteiger partial charge is 0.480 e. The van der Waals surface area contributed by atoms with Crippen molar-refractivity contribution >= 4 is 12.0 Å². The van der Waals surface area contributed by atoms with Gasteiger partial charge in [0, 0.05) is 13.6 Å². The molecule has 2 N–H and O–H groups in total. The summed E-state index contributed by atoms with van der Waals surface area (Å²) in [5.41, 5.74) is 0. The monoisotopic (exact) mass is 216 g/mol. The van der Waals surface area contributed by atoms with E-state index in [1.54, 1.807) is 7.05 Å². The average Bonchev–Trinajstić information content (AvgIpc) is 2.14. The number of carboxylic acid groups (broad SMARTS) is 1. The second-order valence-electron chi connectivity index (χ2n) is 3.98.